The standard InChI is InChI=1S/C15H20N2S/c1-5-9-17(10-6-2)15(18)16-14-8-7-12(3)11-13(14)4/h5-8,11H,1-2,9-10H2,3-4H3,(H,16,18). The van der Waals surface area contributed by atoms with Crippen LogP contribution in [0.4, 0.5) is 5.69 Å². The summed E-state index contributed by atoms with van der Waals surface area (Å²) in [5.74, 6) is 0. The molecule has 0 bridgehead atoms. The molecule has 1 aromatic carbocycles. The summed E-state index contributed by atoms with van der Waals surface area (Å²) in [6, 6.07) is 6.26. The van der Waals surface area contributed by atoms with Crippen LogP contribution in [-0.4, -0.2) is 23.1 Å². The average molecular weight is 260 g/mol. The molecular weight excluding hydrogens is 240 g/mol. The summed E-state index contributed by atoms with van der Waals surface area (Å²) in [6.45, 7) is 13.1. The molecule has 0 aliphatic heterocycles. The van der Waals surface area contributed by atoms with E-state index in [4.69, 9.17) is 12.2 Å². The van der Waals surface area contributed by atoms with Gasteiger partial charge in [-0.3, -0.25) is 0 Å². The quantitative estimate of drug-likeness (QED) is 0.642. The smallest absolute Gasteiger partial charge is 0.173 e. The summed E-state index contributed by atoms with van der Waals surface area (Å²) in [5.41, 5.74) is 3.48. The van der Waals surface area contributed by atoms with Crippen molar-refractivity contribution in [1.29, 1.82) is 0 Å². The van der Waals surface area contributed by atoms with Crippen molar-refractivity contribution in [3.05, 3.63) is 54.6 Å². The molecule has 2 nitrogen and oxygen atoms in total. The number of aryl methyl sites for hydroxylation is 2. The molecule has 0 saturated heterocycles. The molecule has 3 heteroatoms. The molecule has 1 aromatic rings. The Kier molecular flexibility index (Phi) is 5.59. The second-order valence-corrected chi connectivity index (χ2v) is 4.62. The molecule has 0 atom stereocenters. The molecule has 0 radical (unpaired) electrons. The Labute approximate surface area is 115 Å². The van der Waals surface area contributed by atoms with Crippen molar-refractivity contribution in [2.45, 2.75) is 13.8 Å². The lowest BCUT2D eigenvalue weighted by atomic mass is 10.1. The van der Waals surface area contributed by atoms with Crippen LogP contribution in [0.25, 0.3) is 0 Å². The molecule has 0 amide bonds. The third-order valence-corrected chi connectivity index (χ3v) is 2.97. The molecule has 0 unspecified atom stereocenters. The van der Waals surface area contributed by atoms with Crippen LogP contribution >= 0.6 is 12.2 Å². The molecular formula is C15H20N2S. The van der Waals surface area contributed by atoms with Crippen molar-refractivity contribution >= 4 is 23.0 Å². The maximum absolute atomic E-state index is 5.40. The lowest BCUT2D eigenvalue weighted by Crippen LogP contribution is -2.35. The van der Waals surface area contributed by atoms with E-state index in [1.165, 1.54) is 11.1 Å². The fraction of sp³-hybridized carbons (Fsp3) is 0.267. The average Bonchev–Trinajstić information content (AvgIpc) is 2.32. The highest BCUT2D eigenvalue weighted by Crippen LogP contribution is 2.16. The Morgan fingerprint density at radius 2 is 1.89 bits per heavy atom. The minimum absolute atomic E-state index is 0.696. The number of nitrogens with zero attached hydrogens (tertiary/aromatic N) is 1. The monoisotopic (exact) mass is 260 g/mol. The van der Waals surface area contributed by atoms with Gasteiger partial charge in [-0.05, 0) is 37.7 Å². The summed E-state index contributed by atoms with van der Waals surface area (Å²) in [5, 5.41) is 3.97. The highest BCUT2D eigenvalue weighted by molar-refractivity contribution is 7.80. The maximum Gasteiger partial charge on any atom is 0.173 e. The van der Waals surface area contributed by atoms with Gasteiger partial charge in [-0.25, -0.2) is 0 Å². The molecule has 18 heavy (non-hydrogen) atoms. The Morgan fingerprint density at radius 1 is 1.28 bits per heavy atom. The van der Waals surface area contributed by atoms with Crippen molar-refractivity contribution in [3.63, 3.8) is 0 Å². The zero-order valence-corrected chi connectivity index (χ0v) is 11.9. The lowest BCUT2D eigenvalue weighted by molar-refractivity contribution is 0.522. The number of hydrogen-bond acceptors (Lipinski definition) is 1. The number of rotatable bonds is 5. The maximum atomic E-state index is 5.40. The van der Waals surface area contributed by atoms with E-state index in [0.717, 1.165) is 5.69 Å². The second kappa shape index (κ2) is 6.97. The van der Waals surface area contributed by atoms with Crippen molar-refractivity contribution < 1.29 is 0 Å². The van der Waals surface area contributed by atoms with Crippen LogP contribution in [0.5, 0.6) is 0 Å². The first-order chi connectivity index (χ1) is 8.58. The van der Waals surface area contributed by atoms with Gasteiger partial charge in [0.15, 0.2) is 5.11 Å². The lowest BCUT2D eigenvalue weighted by Gasteiger charge is -2.23. The van der Waals surface area contributed by atoms with Crippen LogP contribution in [-0.2, 0) is 0 Å². The minimum Gasteiger partial charge on any atom is -0.342 e. The van der Waals surface area contributed by atoms with Gasteiger partial charge in [0, 0.05) is 18.8 Å². The predicted molar refractivity (Wildman–Crippen MR) is 84.1 cm³/mol. The van der Waals surface area contributed by atoms with Gasteiger partial charge in [-0.15, -0.1) is 13.2 Å². The van der Waals surface area contributed by atoms with Crippen molar-refractivity contribution in [1.82, 2.24) is 4.90 Å². The Balaban J connectivity index is 2.78. The Bertz CT molecular complexity index is 442. The number of nitrogens with one attached hydrogen (secondary N) is 1. The summed E-state index contributed by atoms with van der Waals surface area (Å²) in [4.78, 5) is 2.01. The van der Waals surface area contributed by atoms with Gasteiger partial charge in [0.05, 0.1) is 0 Å². The van der Waals surface area contributed by atoms with Gasteiger partial charge in [0.1, 0.15) is 0 Å². The summed E-state index contributed by atoms with van der Waals surface area (Å²) in [7, 11) is 0. The molecule has 0 aromatic heterocycles. The van der Waals surface area contributed by atoms with E-state index in [0.29, 0.717) is 18.2 Å². The zero-order valence-electron chi connectivity index (χ0n) is 11.1. The largest absolute Gasteiger partial charge is 0.342 e. The van der Waals surface area contributed by atoms with Crippen molar-refractivity contribution in [3.8, 4) is 0 Å². The third kappa shape index (κ3) is 4.00. The summed E-state index contributed by atoms with van der Waals surface area (Å²) in [6.07, 6.45) is 3.67. The van der Waals surface area contributed by atoms with Gasteiger partial charge in [0.2, 0.25) is 0 Å². The molecule has 1 rings (SSSR count). The van der Waals surface area contributed by atoms with Crippen LogP contribution in [0.2, 0.25) is 0 Å². The number of thiocarbonyl (C=S) groups is 1. The van der Waals surface area contributed by atoms with E-state index in [1.807, 2.05) is 17.1 Å². The van der Waals surface area contributed by atoms with Crippen LogP contribution in [0.3, 0.4) is 0 Å². The van der Waals surface area contributed by atoms with Crippen LogP contribution in [0.1, 0.15) is 11.1 Å². The van der Waals surface area contributed by atoms with Crippen LogP contribution < -0.4 is 5.32 Å². The highest BCUT2D eigenvalue weighted by atomic mass is 32.1. The SMILES string of the molecule is C=CCN(CC=C)C(=S)Nc1ccc(C)cc1C. The van der Waals surface area contributed by atoms with E-state index in [9.17, 15) is 0 Å². The van der Waals surface area contributed by atoms with Gasteiger partial charge < -0.3 is 10.2 Å². The first-order valence-corrected chi connectivity index (χ1v) is 6.34. The number of hydrogen-bond donors (Lipinski definition) is 1. The number of benzene rings is 1. The zero-order chi connectivity index (χ0) is 13.5. The van der Waals surface area contributed by atoms with Gasteiger partial charge in [0.25, 0.3) is 0 Å². The van der Waals surface area contributed by atoms with Crippen molar-refractivity contribution in [2.75, 3.05) is 18.4 Å². The fourth-order valence-electron chi connectivity index (χ4n) is 1.70. The molecule has 1 N–H and O–H groups in total. The summed E-state index contributed by atoms with van der Waals surface area (Å²) < 4.78 is 0. The first kappa shape index (κ1) is 14.5. The van der Waals surface area contributed by atoms with Gasteiger partial charge >= 0.3 is 0 Å². The molecule has 0 spiro atoms. The number of anilines is 1. The molecule has 0 fully saturated rings. The van der Waals surface area contributed by atoms with E-state index in [-0.39, 0.29) is 0 Å². The Morgan fingerprint density at radius 3 is 2.39 bits per heavy atom. The van der Waals surface area contributed by atoms with Crippen molar-refractivity contribution in [2.24, 2.45) is 0 Å². The molecule has 0 aliphatic rings. The normalized spacial score (nSPS) is 9.67. The topological polar surface area (TPSA) is 15.3 Å². The fourth-order valence-corrected chi connectivity index (χ4v) is 1.96. The highest BCUT2D eigenvalue weighted by Gasteiger charge is 2.07. The molecule has 0 saturated carbocycles. The molecule has 0 aliphatic carbocycles. The Hall–Kier alpha value is -1.61. The molecule has 96 valence electrons. The van der Waals surface area contributed by atoms with E-state index < -0.39 is 0 Å². The second-order valence-electron chi connectivity index (χ2n) is 4.23. The molecule has 0 heterocycles. The van der Waals surface area contributed by atoms with Crippen LogP contribution in [0.15, 0.2) is 43.5 Å². The van der Waals surface area contributed by atoms with Gasteiger partial charge in [-0.2, -0.15) is 0 Å². The minimum atomic E-state index is 0.696. The van der Waals surface area contributed by atoms with E-state index in [2.05, 4.69) is 50.5 Å². The first-order valence-electron chi connectivity index (χ1n) is 5.93. The van der Waals surface area contributed by atoms with Gasteiger partial charge in [-0.1, -0.05) is 29.8 Å². The van der Waals surface area contributed by atoms with E-state index in [1.54, 1.807) is 0 Å². The summed E-state index contributed by atoms with van der Waals surface area (Å²) >= 11 is 5.40. The third-order valence-electron chi connectivity index (χ3n) is 2.61. The van der Waals surface area contributed by atoms with Crippen LogP contribution in [0, 0.1) is 13.8 Å². The predicted octanol–water partition coefficient (Wildman–Crippen LogP) is 3.67. The van der Waals surface area contributed by atoms with E-state index >= 15 is 0 Å².